The summed E-state index contributed by atoms with van der Waals surface area (Å²) in [6.45, 7) is 9.28. The Hall–Kier alpha value is -7.35. The van der Waals surface area contributed by atoms with Gasteiger partial charge >= 0.3 is 23.9 Å². The van der Waals surface area contributed by atoms with E-state index in [0.29, 0.717) is 106 Å². The molecule has 79 heavy (non-hydrogen) atoms. The molecule has 2 bridgehead atoms. The van der Waals surface area contributed by atoms with E-state index in [1.165, 1.54) is 33.7 Å². The van der Waals surface area contributed by atoms with E-state index in [1.807, 2.05) is 73.5 Å². The summed E-state index contributed by atoms with van der Waals surface area (Å²) in [6.07, 6.45) is 8.60. The number of esters is 3. The van der Waals surface area contributed by atoms with Gasteiger partial charge in [0.05, 0.1) is 32.9 Å². The fourth-order valence-electron chi connectivity index (χ4n) is 16.3. The Labute approximate surface area is 459 Å². The fraction of sp³-hybridized carbons (Fsp3) is 0.483. The standard InChI is InChI=1S/C60H69N9O10/c1-8-56(65-55(74)69-31-37-15-16-39(25-38(37)32-69)63-49(71)45-17-21-61-34-62-45)28-36-29-59(53(72)77-6,48-41(18-23-67(30-36)33-56)40-13-10-11-14-44(40)64-48)43-26-42-46(27-47(43)76-5)66(4)51-58(42)20-24-68-22-12-19-57(9-2,50(58)68)52(79-35(3)70)60(51,75)54(73)78-7/h10-17,19,21,25-27,34,36,50-52,64,75H,8-9,18,20,22-24,28-33H2,1-7H3,(H,63,71)(H,65,74)/t36-,50+,51-,52-,56+,57-,58-,59+,60+/m1/s1. The molecule has 4 N–H and O–H groups in total. The molecular formula is C60H69N9O10. The van der Waals surface area contributed by atoms with Crippen LogP contribution in [-0.4, -0.2) is 155 Å². The van der Waals surface area contributed by atoms with E-state index in [2.05, 4.69) is 54.4 Å². The first-order valence-corrected chi connectivity index (χ1v) is 27.6. The maximum Gasteiger partial charge on any atom is 0.344 e. The van der Waals surface area contributed by atoms with Gasteiger partial charge in [0.2, 0.25) is 5.60 Å². The maximum absolute atomic E-state index is 15.9. The Morgan fingerprint density at radius 3 is 2.43 bits per heavy atom. The minimum Gasteiger partial charge on any atom is -0.496 e. The number of para-hydroxylation sites is 1. The van der Waals surface area contributed by atoms with Crippen molar-refractivity contribution in [1.29, 1.82) is 0 Å². The van der Waals surface area contributed by atoms with Gasteiger partial charge in [0.25, 0.3) is 5.91 Å². The molecule has 19 nitrogen and oxygen atoms in total. The molecule has 10 atom stereocenters. The van der Waals surface area contributed by atoms with Gasteiger partial charge in [0.15, 0.2) is 6.10 Å². The highest BCUT2D eigenvalue weighted by Crippen LogP contribution is 2.68. The monoisotopic (exact) mass is 1080 g/mol. The van der Waals surface area contributed by atoms with Crippen LogP contribution in [-0.2, 0) is 58.9 Å². The number of nitrogens with one attached hydrogen (secondary N) is 3. The van der Waals surface area contributed by atoms with Gasteiger partial charge in [-0.3, -0.25) is 19.3 Å². The molecule has 3 amide bonds. The highest BCUT2D eigenvalue weighted by atomic mass is 16.6. The quantitative estimate of drug-likeness (QED) is 0.0742. The van der Waals surface area contributed by atoms with Crippen LogP contribution in [0.4, 0.5) is 16.2 Å². The third kappa shape index (κ3) is 7.65. The van der Waals surface area contributed by atoms with E-state index in [1.54, 1.807) is 18.1 Å². The number of hydrogen-bond donors (Lipinski definition) is 4. The summed E-state index contributed by atoms with van der Waals surface area (Å²) in [4.78, 5) is 91.9. The molecule has 1 unspecified atom stereocenters. The summed E-state index contributed by atoms with van der Waals surface area (Å²) in [6, 6.07) is 17.9. The van der Waals surface area contributed by atoms with Crippen LogP contribution in [0.15, 0.2) is 85.3 Å². The van der Waals surface area contributed by atoms with Crippen molar-refractivity contribution < 1.29 is 48.0 Å². The first kappa shape index (κ1) is 52.4. The largest absolute Gasteiger partial charge is 0.496 e. The van der Waals surface area contributed by atoms with Crippen LogP contribution in [0.5, 0.6) is 5.75 Å². The van der Waals surface area contributed by atoms with Crippen LogP contribution in [0.3, 0.4) is 0 Å². The lowest BCUT2D eigenvalue weighted by Gasteiger charge is -2.63. The number of benzene rings is 3. The summed E-state index contributed by atoms with van der Waals surface area (Å²) >= 11 is 0. The summed E-state index contributed by atoms with van der Waals surface area (Å²) < 4.78 is 24.4. The number of aliphatic hydroxyl groups is 1. The molecule has 2 saturated heterocycles. The van der Waals surface area contributed by atoms with Crippen LogP contribution in [0.25, 0.3) is 10.9 Å². The zero-order valence-corrected chi connectivity index (χ0v) is 45.9. The highest BCUT2D eigenvalue weighted by Gasteiger charge is 2.80. The average Bonchev–Trinajstić information content (AvgIpc) is 2.77. The van der Waals surface area contributed by atoms with E-state index in [-0.39, 0.29) is 36.0 Å². The molecule has 6 aliphatic heterocycles. The zero-order valence-electron chi connectivity index (χ0n) is 45.9. The molecule has 1 aliphatic carbocycles. The van der Waals surface area contributed by atoms with Crippen LogP contribution < -0.4 is 20.3 Å². The third-order valence-corrected chi connectivity index (χ3v) is 19.3. The van der Waals surface area contributed by atoms with Crippen molar-refractivity contribution in [3.05, 3.63) is 125 Å². The lowest BCUT2D eigenvalue weighted by Crippen LogP contribution is -2.81. The number of piperidine rings is 1. The van der Waals surface area contributed by atoms with Crippen molar-refractivity contribution in [3.63, 3.8) is 0 Å². The first-order valence-electron chi connectivity index (χ1n) is 27.6. The van der Waals surface area contributed by atoms with Crippen molar-refractivity contribution in [2.24, 2.45) is 11.3 Å². The predicted molar refractivity (Wildman–Crippen MR) is 292 cm³/mol. The molecule has 12 rings (SSSR count). The number of nitrogens with zero attached hydrogens (tertiary/aromatic N) is 6. The smallest absolute Gasteiger partial charge is 0.344 e. The lowest BCUT2D eigenvalue weighted by molar-refractivity contribution is -0.228. The van der Waals surface area contributed by atoms with E-state index in [9.17, 15) is 24.3 Å². The van der Waals surface area contributed by atoms with Gasteiger partial charge in [-0.25, -0.2) is 19.6 Å². The number of carbonyl (C=O) groups is 5. The SMILES string of the molecule is CC[C@]1(NC(=O)N2Cc3ccc(NC(=O)c4ccncn4)cc3C2)C[C@H]2CN(CCc3c([nH]c4ccccc34)[C@@](C(=O)OC)(c3cc4c(cc3OC)N(C)[C@H]3[C@@](O)(C(=O)OC)[C@H](OC(C)=O)[C@]5(CC)C=CCN6CC[C@]43[C@@H]65)C2)C1. The second kappa shape index (κ2) is 19.2. The molecule has 3 aromatic carbocycles. The minimum atomic E-state index is -2.36. The van der Waals surface area contributed by atoms with Crippen molar-refractivity contribution in [3.8, 4) is 5.75 Å². The van der Waals surface area contributed by atoms with Crippen LogP contribution in [0.1, 0.15) is 96.9 Å². The molecule has 8 heterocycles. The molecule has 3 fully saturated rings. The average molecular weight is 1080 g/mol. The minimum absolute atomic E-state index is 0.185. The number of rotatable bonds is 10. The molecule has 19 heteroatoms. The van der Waals surface area contributed by atoms with Gasteiger partial charge in [0.1, 0.15) is 23.2 Å². The lowest BCUT2D eigenvalue weighted by atomic mass is 9.47. The number of likely N-dealkylation sites (N-methyl/N-ethyl adjacent to an activating group) is 1. The molecule has 2 aromatic heterocycles. The molecule has 414 valence electrons. The van der Waals surface area contributed by atoms with Gasteiger partial charge < -0.3 is 54.4 Å². The highest BCUT2D eigenvalue weighted by molar-refractivity contribution is 6.03. The van der Waals surface area contributed by atoms with Crippen molar-refractivity contribution >= 4 is 52.1 Å². The Balaban J connectivity index is 0.967. The normalized spacial score (nSPS) is 31.1. The molecule has 1 spiro atoms. The van der Waals surface area contributed by atoms with Gasteiger partial charge in [-0.2, -0.15) is 0 Å². The number of aromatic amines is 1. The van der Waals surface area contributed by atoms with Crippen molar-refractivity contribution in [1.82, 2.24) is 35.0 Å². The summed E-state index contributed by atoms with van der Waals surface area (Å²) in [5.74, 6) is -2.13. The van der Waals surface area contributed by atoms with E-state index in [4.69, 9.17) is 18.9 Å². The summed E-state index contributed by atoms with van der Waals surface area (Å²) in [5.41, 5.74) is 0.871. The second-order valence-corrected chi connectivity index (χ2v) is 23.1. The fourth-order valence-corrected chi connectivity index (χ4v) is 16.3. The van der Waals surface area contributed by atoms with Crippen molar-refractivity contribution in [2.45, 2.75) is 113 Å². The van der Waals surface area contributed by atoms with Gasteiger partial charge in [-0.1, -0.05) is 50.3 Å². The Bertz CT molecular complexity index is 3350. The van der Waals surface area contributed by atoms with Crippen LogP contribution >= 0.6 is 0 Å². The van der Waals surface area contributed by atoms with Gasteiger partial charge in [-0.15, -0.1) is 0 Å². The van der Waals surface area contributed by atoms with Crippen LogP contribution in [0.2, 0.25) is 0 Å². The van der Waals surface area contributed by atoms with E-state index >= 15 is 4.79 Å². The number of anilines is 2. The molecule has 5 aromatic rings. The molecular weight excluding hydrogens is 1010 g/mol. The topological polar surface area (TPSA) is 221 Å². The Morgan fingerprint density at radius 2 is 1.70 bits per heavy atom. The van der Waals surface area contributed by atoms with E-state index < -0.39 is 57.4 Å². The number of methoxy groups -OCH3 is 3. The predicted octanol–water partition coefficient (Wildman–Crippen LogP) is 5.77. The third-order valence-electron chi connectivity index (χ3n) is 19.3. The number of amides is 3. The Kier molecular flexibility index (Phi) is 12.7. The number of ether oxygens (including phenoxy) is 4. The maximum atomic E-state index is 15.9. The number of urea groups is 1. The number of aromatic nitrogens is 3. The number of hydrogen-bond acceptors (Lipinski definition) is 15. The molecule has 1 saturated carbocycles. The van der Waals surface area contributed by atoms with Gasteiger partial charge in [0, 0.05) is 116 Å². The van der Waals surface area contributed by atoms with Crippen LogP contribution in [0, 0.1) is 11.3 Å². The van der Waals surface area contributed by atoms with E-state index in [0.717, 1.165) is 33.2 Å². The van der Waals surface area contributed by atoms with Gasteiger partial charge in [-0.05, 0) is 104 Å². The zero-order chi connectivity index (χ0) is 55.4. The summed E-state index contributed by atoms with van der Waals surface area (Å²) in [7, 11) is 6.13. The molecule has 0 radical (unpaired) electrons. The first-order chi connectivity index (χ1) is 38.0. The number of fused-ring (bicyclic) bond motifs is 7. The van der Waals surface area contributed by atoms with Crippen molar-refractivity contribution in [2.75, 3.05) is 71.3 Å². The summed E-state index contributed by atoms with van der Waals surface area (Å²) in [5, 5.41) is 21.0. The Morgan fingerprint density at radius 1 is 0.899 bits per heavy atom. The molecule has 7 aliphatic rings. The second-order valence-electron chi connectivity index (χ2n) is 23.1. The number of H-pyrrole nitrogens is 1. The number of carbonyl (C=O) groups excluding carboxylic acids is 5.